The maximum atomic E-state index is 10.6. The second kappa shape index (κ2) is 8.94. The molecule has 2 aromatic heterocycles. The van der Waals surface area contributed by atoms with Crippen LogP contribution in [0.5, 0.6) is 0 Å². The summed E-state index contributed by atoms with van der Waals surface area (Å²) in [6, 6.07) is 9.67. The largest absolute Gasteiger partial charge is 0.490 e. The number of aliphatic carboxylic acids is 1. The number of benzene rings is 1. The number of aromatic nitrogens is 4. The van der Waals surface area contributed by atoms with Crippen LogP contribution in [0.15, 0.2) is 47.4 Å². The zero-order valence-electron chi connectivity index (χ0n) is 13.8. The smallest absolute Gasteiger partial charge is 0.475 e. The summed E-state index contributed by atoms with van der Waals surface area (Å²) in [4.78, 5) is 20.3. The molecule has 0 aliphatic heterocycles. The van der Waals surface area contributed by atoms with E-state index in [4.69, 9.17) is 20.2 Å². The summed E-state index contributed by atoms with van der Waals surface area (Å²) >= 11 is 0. The number of carbonyl (C=O) groups is 1. The van der Waals surface area contributed by atoms with E-state index < -0.39 is 12.1 Å². The lowest BCUT2D eigenvalue weighted by atomic mass is 10.1. The molecule has 3 rings (SSSR count). The first-order chi connectivity index (χ1) is 12.8. The number of alkyl halides is 3. The Morgan fingerprint density at radius 1 is 1.30 bits per heavy atom. The fourth-order valence-electron chi connectivity index (χ4n) is 1.98. The van der Waals surface area contributed by atoms with Crippen molar-refractivity contribution in [1.29, 1.82) is 0 Å². The number of nitrogens with one attached hydrogen (secondary N) is 1. The fraction of sp³-hybridized carbons (Fsp3) is 0.250. The van der Waals surface area contributed by atoms with Gasteiger partial charge in [-0.05, 0) is 5.56 Å². The van der Waals surface area contributed by atoms with E-state index in [2.05, 4.69) is 20.1 Å². The summed E-state index contributed by atoms with van der Waals surface area (Å²) in [5, 5.41) is 11.1. The molecule has 2 heterocycles. The number of aromatic amines is 1. The molecule has 27 heavy (non-hydrogen) atoms. The molecular formula is C16H16F3N5O3. The zero-order chi connectivity index (χ0) is 19.9. The maximum absolute atomic E-state index is 10.6. The monoisotopic (exact) mass is 383 g/mol. The highest BCUT2D eigenvalue weighted by molar-refractivity contribution is 5.73. The summed E-state index contributed by atoms with van der Waals surface area (Å²) in [6.07, 6.45) is -0.451. The molecule has 3 aromatic rings. The van der Waals surface area contributed by atoms with Gasteiger partial charge in [0.1, 0.15) is 0 Å². The minimum Gasteiger partial charge on any atom is -0.475 e. The third-order valence-electron chi connectivity index (χ3n) is 3.23. The molecule has 0 aliphatic carbocycles. The summed E-state index contributed by atoms with van der Waals surface area (Å²) < 4.78 is 37.0. The molecule has 0 spiro atoms. The molecule has 144 valence electrons. The van der Waals surface area contributed by atoms with Crippen molar-refractivity contribution in [2.24, 2.45) is 5.73 Å². The lowest BCUT2D eigenvalue weighted by Gasteiger charge is -2.02. The van der Waals surface area contributed by atoms with Gasteiger partial charge >= 0.3 is 12.1 Å². The van der Waals surface area contributed by atoms with Gasteiger partial charge in [0.05, 0.1) is 18.1 Å². The van der Waals surface area contributed by atoms with E-state index in [1.54, 1.807) is 12.5 Å². The van der Waals surface area contributed by atoms with Crippen molar-refractivity contribution in [3.05, 3.63) is 65.8 Å². The average molecular weight is 383 g/mol. The molecule has 0 aliphatic rings. The van der Waals surface area contributed by atoms with E-state index in [1.165, 1.54) is 0 Å². The van der Waals surface area contributed by atoms with Crippen molar-refractivity contribution >= 4 is 5.97 Å². The SMILES string of the molecule is NC(Cc1c[nH]cn1)c1nc(Cc2ccccc2)no1.O=C(O)C(F)(F)F. The molecule has 0 amide bonds. The van der Waals surface area contributed by atoms with Crippen molar-refractivity contribution < 1.29 is 27.6 Å². The number of carboxylic acid groups (broad SMARTS) is 1. The average Bonchev–Trinajstić information content (AvgIpc) is 3.27. The number of hydrogen-bond donors (Lipinski definition) is 3. The summed E-state index contributed by atoms with van der Waals surface area (Å²) in [6.45, 7) is 0. The number of nitrogens with two attached hydrogens (primary N) is 1. The predicted octanol–water partition coefficient (Wildman–Crippen LogP) is 2.26. The molecule has 0 saturated carbocycles. The minimum atomic E-state index is -5.08. The van der Waals surface area contributed by atoms with Gasteiger partial charge in [-0.2, -0.15) is 18.2 Å². The Hall–Kier alpha value is -3.21. The molecule has 0 bridgehead atoms. The number of nitrogens with zero attached hydrogens (tertiary/aromatic N) is 3. The number of carboxylic acids is 1. The topological polar surface area (TPSA) is 131 Å². The van der Waals surface area contributed by atoms with Crippen LogP contribution in [-0.2, 0) is 17.6 Å². The molecule has 4 N–H and O–H groups in total. The lowest BCUT2D eigenvalue weighted by molar-refractivity contribution is -0.192. The van der Waals surface area contributed by atoms with Crippen LogP contribution in [0.4, 0.5) is 13.2 Å². The molecule has 11 heteroatoms. The zero-order valence-corrected chi connectivity index (χ0v) is 13.8. The second-order valence-corrected chi connectivity index (χ2v) is 5.39. The van der Waals surface area contributed by atoms with Gasteiger partial charge in [0, 0.05) is 19.0 Å². The predicted molar refractivity (Wildman–Crippen MR) is 86.5 cm³/mol. The van der Waals surface area contributed by atoms with Crippen LogP contribution in [0.25, 0.3) is 0 Å². The molecule has 0 fully saturated rings. The Bertz CT molecular complexity index is 835. The van der Waals surface area contributed by atoms with Gasteiger partial charge in [0.25, 0.3) is 0 Å². The Labute approximate surface area is 151 Å². The first-order valence-electron chi connectivity index (χ1n) is 7.65. The Morgan fingerprint density at radius 2 is 1.96 bits per heavy atom. The van der Waals surface area contributed by atoms with Gasteiger partial charge in [-0.3, -0.25) is 0 Å². The molecular weight excluding hydrogens is 367 g/mol. The van der Waals surface area contributed by atoms with Gasteiger partial charge in [0.15, 0.2) is 5.82 Å². The van der Waals surface area contributed by atoms with Gasteiger partial charge < -0.3 is 20.3 Å². The van der Waals surface area contributed by atoms with E-state index in [9.17, 15) is 13.2 Å². The maximum Gasteiger partial charge on any atom is 0.490 e. The third kappa shape index (κ3) is 6.55. The molecule has 8 nitrogen and oxygen atoms in total. The Balaban J connectivity index is 0.000000321. The summed E-state index contributed by atoms with van der Waals surface area (Å²) in [5.74, 6) is -1.67. The van der Waals surface area contributed by atoms with Crippen molar-refractivity contribution in [1.82, 2.24) is 20.1 Å². The molecule has 1 aromatic carbocycles. The fourth-order valence-corrected chi connectivity index (χ4v) is 1.98. The van der Waals surface area contributed by atoms with Crippen LogP contribution in [-0.4, -0.2) is 37.4 Å². The minimum absolute atomic E-state index is 0.338. The molecule has 0 radical (unpaired) electrons. The first-order valence-corrected chi connectivity index (χ1v) is 7.65. The van der Waals surface area contributed by atoms with E-state index in [-0.39, 0.29) is 6.04 Å². The van der Waals surface area contributed by atoms with Crippen molar-refractivity contribution in [2.75, 3.05) is 0 Å². The van der Waals surface area contributed by atoms with Gasteiger partial charge in [-0.1, -0.05) is 35.5 Å². The molecule has 0 saturated heterocycles. The summed E-state index contributed by atoms with van der Waals surface area (Å²) in [7, 11) is 0. The molecule has 1 atom stereocenters. The summed E-state index contributed by atoms with van der Waals surface area (Å²) in [5.41, 5.74) is 8.06. The lowest BCUT2D eigenvalue weighted by Crippen LogP contribution is -2.21. The van der Waals surface area contributed by atoms with Crippen LogP contribution in [0.1, 0.15) is 29.0 Å². The number of halogens is 3. The first kappa shape index (κ1) is 20.1. The van der Waals surface area contributed by atoms with Gasteiger partial charge in [0.2, 0.25) is 5.89 Å². The highest BCUT2D eigenvalue weighted by Crippen LogP contribution is 2.14. The Kier molecular flexibility index (Phi) is 6.66. The van der Waals surface area contributed by atoms with Crippen LogP contribution >= 0.6 is 0 Å². The highest BCUT2D eigenvalue weighted by atomic mass is 19.4. The number of rotatable bonds is 5. The van der Waals surface area contributed by atoms with Gasteiger partial charge in [-0.25, -0.2) is 9.78 Å². The van der Waals surface area contributed by atoms with E-state index in [0.29, 0.717) is 24.6 Å². The standard InChI is InChI=1S/C14H15N5O.C2HF3O2/c15-12(7-11-8-16-9-17-11)14-18-13(19-20-14)6-10-4-2-1-3-5-10;3-2(4,5)1(6)7/h1-5,8-9,12H,6-7,15H2,(H,16,17);(H,6,7). The Morgan fingerprint density at radius 3 is 2.52 bits per heavy atom. The van der Waals surface area contributed by atoms with Crippen LogP contribution in [0.3, 0.4) is 0 Å². The van der Waals surface area contributed by atoms with Crippen LogP contribution < -0.4 is 5.73 Å². The van der Waals surface area contributed by atoms with Crippen LogP contribution in [0.2, 0.25) is 0 Å². The molecule has 1 unspecified atom stereocenters. The quantitative estimate of drug-likeness (QED) is 0.616. The van der Waals surface area contributed by atoms with Crippen molar-refractivity contribution in [2.45, 2.75) is 25.1 Å². The number of hydrogen-bond acceptors (Lipinski definition) is 6. The third-order valence-corrected chi connectivity index (χ3v) is 3.23. The van der Waals surface area contributed by atoms with Crippen molar-refractivity contribution in [3.8, 4) is 0 Å². The second-order valence-electron chi connectivity index (χ2n) is 5.39. The highest BCUT2D eigenvalue weighted by Gasteiger charge is 2.38. The van der Waals surface area contributed by atoms with Crippen molar-refractivity contribution in [3.63, 3.8) is 0 Å². The number of H-pyrrole nitrogens is 1. The van der Waals surface area contributed by atoms with E-state index in [0.717, 1.165) is 11.3 Å². The van der Waals surface area contributed by atoms with E-state index >= 15 is 0 Å². The van der Waals surface area contributed by atoms with Crippen LogP contribution in [0, 0.1) is 0 Å². The number of imidazole rings is 1. The van der Waals surface area contributed by atoms with Gasteiger partial charge in [-0.15, -0.1) is 0 Å². The normalized spacial score (nSPS) is 12.1. The van der Waals surface area contributed by atoms with E-state index in [1.807, 2.05) is 30.3 Å².